The first-order chi connectivity index (χ1) is 11.9. The quantitative estimate of drug-likeness (QED) is 0.701. The monoisotopic (exact) mass is 360 g/mol. The molecule has 2 aromatic carbocycles. The molecule has 0 radical (unpaired) electrons. The molecule has 1 atom stereocenters. The molecular weight excluding hydrogens is 336 g/mol. The normalized spacial score (nSPS) is 11.9. The molecule has 5 heteroatoms. The topological polar surface area (TPSA) is 50.4 Å². The number of rotatable bonds is 7. The van der Waals surface area contributed by atoms with Crippen LogP contribution in [0.2, 0.25) is 5.02 Å². The fraction of sp³-hybridized carbons (Fsp3) is 0.350. The number of carbonyl (C=O) groups excluding carboxylic acids is 1. The fourth-order valence-corrected chi connectivity index (χ4v) is 2.63. The van der Waals surface area contributed by atoms with Crippen molar-refractivity contribution in [3.8, 4) is 5.75 Å². The number of carbonyl (C=O) groups is 1. The molecule has 134 valence electrons. The predicted octanol–water partition coefficient (Wildman–Crippen LogP) is 4.73. The van der Waals surface area contributed by atoms with Gasteiger partial charge in [-0.1, -0.05) is 49.7 Å². The zero-order chi connectivity index (χ0) is 18.2. The summed E-state index contributed by atoms with van der Waals surface area (Å²) in [7, 11) is 0. The van der Waals surface area contributed by atoms with E-state index in [1.165, 1.54) is 5.56 Å². The van der Waals surface area contributed by atoms with Crippen molar-refractivity contribution in [1.82, 2.24) is 10.6 Å². The van der Waals surface area contributed by atoms with Crippen LogP contribution < -0.4 is 15.4 Å². The van der Waals surface area contributed by atoms with Gasteiger partial charge in [-0.2, -0.15) is 0 Å². The molecule has 2 amide bonds. The predicted molar refractivity (Wildman–Crippen MR) is 102 cm³/mol. The smallest absolute Gasteiger partial charge is 0.317 e. The van der Waals surface area contributed by atoms with Gasteiger partial charge in [-0.05, 0) is 54.7 Å². The van der Waals surface area contributed by atoms with Crippen molar-refractivity contribution in [3.05, 3.63) is 64.7 Å². The van der Waals surface area contributed by atoms with Crippen LogP contribution in [0.1, 0.15) is 37.8 Å². The zero-order valence-corrected chi connectivity index (χ0v) is 15.6. The van der Waals surface area contributed by atoms with Crippen LogP contribution in [0.3, 0.4) is 0 Å². The summed E-state index contributed by atoms with van der Waals surface area (Å²) < 4.78 is 5.71. The molecule has 0 aliphatic heterocycles. The second-order valence-electron chi connectivity index (χ2n) is 6.26. The molecule has 25 heavy (non-hydrogen) atoms. The third kappa shape index (κ3) is 6.67. The Labute approximate surface area is 154 Å². The number of nitrogens with one attached hydrogen (secondary N) is 2. The molecular formula is C20H25ClN2O2. The summed E-state index contributed by atoms with van der Waals surface area (Å²) in [6, 6.07) is 15.3. The molecule has 2 rings (SSSR count). The van der Waals surface area contributed by atoms with Crippen LogP contribution in [0.5, 0.6) is 5.75 Å². The van der Waals surface area contributed by atoms with E-state index in [1.54, 1.807) is 6.92 Å². The number of benzene rings is 2. The molecule has 0 heterocycles. The Bertz CT molecular complexity index is 686. The number of ether oxygens (including phenoxy) is 1. The van der Waals surface area contributed by atoms with Gasteiger partial charge in [0.15, 0.2) is 6.23 Å². The fourth-order valence-electron chi connectivity index (χ4n) is 2.41. The molecule has 0 fully saturated rings. The Morgan fingerprint density at radius 3 is 2.48 bits per heavy atom. The molecule has 0 bridgehead atoms. The minimum absolute atomic E-state index is 0.256. The highest BCUT2D eigenvalue weighted by atomic mass is 35.5. The summed E-state index contributed by atoms with van der Waals surface area (Å²) in [5, 5.41) is 6.28. The molecule has 1 unspecified atom stereocenters. The van der Waals surface area contributed by atoms with Crippen molar-refractivity contribution in [1.29, 1.82) is 0 Å². The summed E-state index contributed by atoms with van der Waals surface area (Å²) in [6.07, 6.45) is 0.302. The van der Waals surface area contributed by atoms with Crippen LogP contribution in [0, 0.1) is 0 Å². The maximum Gasteiger partial charge on any atom is 0.317 e. The Hall–Kier alpha value is -2.20. The average molecular weight is 361 g/mol. The molecule has 0 spiro atoms. The molecule has 2 aromatic rings. The van der Waals surface area contributed by atoms with Gasteiger partial charge in [0.2, 0.25) is 0 Å². The maximum absolute atomic E-state index is 11.9. The minimum atomic E-state index is -0.420. The second kappa shape index (κ2) is 9.33. The lowest BCUT2D eigenvalue weighted by molar-refractivity contribution is 0.177. The second-order valence-corrected chi connectivity index (χ2v) is 6.70. The van der Waals surface area contributed by atoms with E-state index in [9.17, 15) is 4.79 Å². The first-order valence-electron chi connectivity index (χ1n) is 8.49. The van der Waals surface area contributed by atoms with Crippen LogP contribution in [0.15, 0.2) is 48.5 Å². The highest BCUT2D eigenvalue weighted by Crippen LogP contribution is 2.19. The summed E-state index contributed by atoms with van der Waals surface area (Å²) in [5.41, 5.74) is 2.34. The highest BCUT2D eigenvalue weighted by molar-refractivity contribution is 6.30. The third-order valence-electron chi connectivity index (χ3n) is 3.78. The number of halogens is 1. The van der Waals surface area contributed by atoms with Gasteiger partial charge in [-0.25, -0.2) is 4.79 Å². The van der Waals surface area contributed by atoms with Crippen molar-refractivity contribution in [2.45, 2.75) is 39.3 Å². The molecule has 2 N–H and O–H groups in total. The molecule has 0 saturated heterocycles. The van der Waals surface area contributed by atoms with Crippen LogP contribution >= 0.6 is 11.6 Å². The van der Waals surface area contributed by atoms with Crippen LogP contribution in [0.25, 0.3) is 0 Å². The van der Waals surface area contributed by atoms with Gasteiger partial charge in [0, 0.05) is 11.6 Å². The Morgan fingerprint density at radius 1 is 1.12 bits per heavy atom. The Kier molecular flexibility index (Phi) is 7.14. The summed E-state index contributed by atoms with van der Waals surface area (Å²) >= 11 is 5.94. The highest BCUT2D eigenvalue weighted by Gasteiger charge is 2.08. The van der Waals surface area contributed by atoms with Crippen molar-refractivity contribution < 1.29 is 9.53 Å². The van der Waals surface area contributed by atoms with Gasteiger partial charge in [-0.3, -0.25) is 0 Å². The van der Waals surface area contributed by atoms with E-state index < -0.39 is 6.23 Å². The minimum Gasteiger partial charge on any atom is -0.471 e. The van der Waals surface area contributed by atoms with Crippen LogP contribution in [-0.2, 0) is 6.42 Å². The number of hydrogen-bond acceptors (Lipinski definition) is 2. The van der Waals surface area contributed by atoms with Gasteiger partial charge in [0.25, 0.3) is 0 Å². The number of hydrogen-bond donors (Lipinski definition) is 2. The lowest BCUT2D eigenvalue weighted by Gasteiger charge is -2.17. The lowest BCUT2D eigenvalue weighted by atomic mass is 10.0. The Balaban J connectivity index is 1.72. The lowest BCUT2D eigenvalue weighted by Crippen LogP contribution is -2.43. The number of amides is 2. The first-order valence-corrected chi connectivity index (χ1v) is 8.87. The largest absolute Gasteiger partial charge is 0.471 e. The van der Waals surface area contributed by atoms with E-state index in [0.29, 0.717) is 17.5 Å². The van der Waals surface area contributed by atoms with Crippen molar-refractivity contribution >= 4 is 17.6 Å². The van der Waals surface area contributed by atoms with Gasteiger partial charge >= 0.3 is 6.03 Å². The average Bonchev–Trinajstić information content (AvgIpc) is 2.55. The van der Waals surface area contributed by atoms with E-state index in [-0.39, 0.29) is 6.03 Å². The van der Waals surface area contributed by atoms with Crippen LogP contribution in [-0.4, -0.2) is 18.8 Å². The summed E-state index contributed by atoms with van der Waals surface area (Å²) in [4.78, 5) is 11.9. The Morgan fingerprint density at radius 2 is 1.84 bits per heavy atom. The van der Waals surface area contributed by atoms with E-state index in [2.05, 4.69) is 24.5 Å². The molecule has 0 saturated carbocycles. The van der Waals surface area contributed by atoms with Crippen molar-refractivity contribution in [2.75, 3.05) is 6.54 Å². The van der Waals surface area contributed by atoms with Gasteiger partial charge in [0.05, 0.1) is 0 Å². The van der Waals surface area contributed by atoms with E-state index >= 15 is 0 Å². The first kappa shape index (κ1) is 19.1. The molecule has 0 aromatic heterocycles. The standard InChI is InChI=1S/C20H25ClN2O2/c1-14(2)17-7-9-19(10-8-17)25-15(3)23-20(24)22-12-11-16-5-4-6-18(21)13-16/h4-10,13-15H,11-12H2,1-3H3,(H2,22,23,24). The molecule has 0 aliphatic carbocycles. The van der Waals surface area contributed by atoms with Crippen LogP contribution in [0.4, 0.5) is 4.79 Å². The van der Waals surface area contributed by atoms with E-state index in [4.69, 9.17) is 16.3 Å². The zero-order valence-electron chi connectivity index (χ0n) is 14.9. The third-order valence-corrected chi connectivity index (χ3v) is 4.02. The molecule has 4 nitrogen and oxygen atoms in total. The van der Waals surface area contributed by atoms with Crippen molar-refractivity contribution in [2.24, 2.45) is 0 Å². The number of urea groups is 1. The summed E-state index contributed by atoms with van der Waals surface area (Å²) in [6.45, 7) is 6.62. The SMILES string of the molecule is CC(NC(=O)NCCc1cccc(Cl)c1)Oc1ccc(C(C)C)cc1. The maximum atomic E-state index is 11.9. The molecule has 0 aliphatic rings. The van der Waals surface area contributed by atoms with Gasteiger partial charge in [0.1, 0.15) is 5.75 Å². The summed E-state index contributed by atoms with van der Waals surface area (Å²) in [5.74, 6) is 1.21. The van der Waals surface area contributed by atoms with Crippen molar-refractivity contribution in [3.63, 3.8) is 0 Å². The van der Waals surface area contributed by atoms with Gasteiger partial charge in [-0.15, -0.1) is 0 Å². The van der Waals surface area contributed by atoms with E-state index in [0.717, 1.165) is 17.7 Å². The van der Waals surface area contributed by atoms with Gasteiger partial charge < -0.3 is 15.4 Å². The van der Waals surface area contributed by atoms with E-state index in [1.807, 2.05) is 48.5 Å².